The van der Waals surface area contributed by atoms with Crippen molar-refractivity contribution in [3.63, 3.8) is 0 Å². The number of nitrogens with zero attached hydrogens (tertiary/aromatic N) is 2. The van der Waals surface area contributed by atoms with Crippen molar-refractivity contribution < 1.29 is 28.3 Å². The van der Waals surface area contributed by atoms with Crippen molar-refractivity contribution in [2.24, 2.45) is 0 Å². The Hall–Kier alpha value is -3.55. The second-order valence-electron chi connectivity index (χ2n) is 7.32. The Kier molecular flexibility index (Phi) is 6.48. The van der Waals surface area contributed by atoms with Gasteiger partial charge in [0.25, 0.3) is 11.8 Å². The Bertz CT molecular complexity index is 1020. The topological polar surface area (TPSA) is 84.0 Å². The average Bonchev–Trinajstić information content (AvgIpc) is 3.02. The molecule has 1 fully saturated rings. The first-order chi connectivity index (χ1) is 14.7. The monoisotopic (exact) mass is 426 g/mol. The van der Waals surface area contributed by atoms with Crippen molar-refractivity contribution in [1.82, 2.24) is 4.90 Å². The first kappa shape index (κ1) is 22.1. The van der Waals surface area contributed by atoms with E-state index in [4.69, 9.17) is 4.74 Å². The van der Waals surface area contributed by atoms with Gasteiger partial charge in [-0.05, 0) is 49.7 Å². The standard InChI is InChI=1S/C23H23FN2O5/c1-4-14(2)25(22(29)18-7-5-6-8-19(18)24)20-13-21(28)26(23(20)30)16-9-11-17(12-10-16)31-15(3)27/h5-12,14,20H,4,13H2,1-3H3. The van der Waals surface area contributed by atoms with Crippen molar-refractivity contribution >= 4 is 29.4 Å². The number of hydrogen-bond donors (Lipinski definition) is 0. The summed E-state index contributed by atoms with van der Waals surface area (Å²) in [5.41, 5.74) is 0.156. The van der Waals surface area contributed by atoms with Crippen LogP contribution in [0.15, 0.2) is 48.5 Å². The predicted octanol–water partition coefficient (Wildman–Crippen LogP) is 3.32. The SMILES string of the molecule is CCC(C)N(C(=O)c1ccccc1F)C1CC(=O)N(c2ccc(OC(C)=O)cc2)C1=O. The molecule has 0 bridgehead atoms. The Morgan fingerprint density at radius 1 is 1.16 bits per heavy atom. The Balaban J connectivity index is 1.91. The van der Waals surface area contributed by atoms with E-state index in [1.807, 2.05) is 6.92 Å². The highest BCUT2D eigenvalue weighted by molar-refractivity contribution is 6.23. The maximum absolute atomic E-state index is 14.3. The van der Waals surface area contributed by atoms with Crippen LogP contribution in [0.3, 0.4) is 0 Å². The molecule has 2 unspecified atom stereocenters. The van der Waals surface area contributed by atoms with E-state index < -0.39 is 35.5 Å². The van der Waals surface area contributed by atoms with Gasteiger partial charge in [0.1, 0.15) is 17.6 Å². The van der Waals surface area contributed by atoms with Gasteiger partial charge in [-0.2, -0.15) is 0 Å². The van der Waals surface area contributed by atoms with Crippen molar-refractivity contribution in [3.05, 3.63) is 59.9 Å². The van der Waals surface area contributed by atoms with E-state index in [9.17, 15) is 23.6 Å². The highest BCUT2D eigenvalue weighted by Crippen LogP contribution is 2.30. The van der Waals surface area contributed by atoms with Crippen LogP contribution in [0, 0.1) is 5.82 Å². The summed E-state index contributed by atoms with van der Waals surface area (Å²) in [6.45, 7) is 4.87. The maximum atomic E-state index is 14.3. The fraction of sp³-hybridized carbons (Fsp3) is 0.304. The van der Waals surface area contributed by atoms with Crippen LogP contribution < -0.4 is 9.64 Å². The lowest BCUT2D eigenvalue weighted by atomic mass is 10.1. The zero-order chi connectivity index (χ0) is 22.7. The van der Waals surface area contributed by atoms with E-state index in [1.165, 1.54) is 54.3 Å². The lowest BCUT2D eigenvalue weighted by Gasteiger charge is -2.33. The molecule has 3 rings (SSSR count). The van der Waals surface area contributed by atoms with Gasteiger partial charge >= 0.3 is 5.97 Å². The van der Waals surface area contributed by atoms with E-state index >= 15 is 0 Å². The van der Waals surface area contributed by atoms with Gasteiger partial charge in [0, 0.05) is 13.0 Å². The first-order valence-corrected chi connectivity index (χ1v) is 9.97. The number of halogens is 1. The summed E-state index contributed by atoms with van der Waals surface area (Å²) in [6, 6.07) is 10.1. The zero-order valence-electron chi connectivity index (χ0n) is 17.5. The maximum Gasteiger partial charge on any atom is 0.308 e. The van der Waals surface area contributed by atoms with E-state index in [0.717, 1.165) is 4.90 Å². The quantitative estimate of drug-likeness (QED) is 0.402. The molecule has 0 aliphatic carbocycles. The molecule has 0 N–H and O–H groups in total. The minimum Gasteiger partial charge on any atom is -0.427 e. The van der Waals surface area contributed by atoms with Crippen LogP contribution in [0.2, 0.25) is 0 Å². The summed E-state index contributed by atoms with van der Waals surface area (Å²) in [5.74, 6) is -2.55. The first-order valence-electron chi connectivity index (χ1n) is 9.97. The van der Waals surface area contributed by atoms with Gasteiger partial charge in [-0.3, -0.25) is 19.2 Å². The van der Waals surface area contributed by atoms with Gasteiger partial charge in [-0.15, -0.1) is 0 Å². The molecular weight excluding hydrogens is 403 g/mol. The van der Waals surface area contributed by atoms with Crippen molar-refractivity contribution in [2.45, 2.75) is 45.7 Å². The average molecular weight is 426 g/mol. The third kappa shape index (κ3) is 4.47. The lowest BCUT2D eigenvalue weighted by Crippen LogP contribution is -2.50. The summed E-state index contributed by atoms with van der Waals surface area (Å²) >= 11 is 0. The number of amides is 3. The molecular formula is C23H23FN2O5. The molecule has 2 aromatic carbocycles. The van der Waals surface area contributed by atoms with Crippen LogP contribution in [0.5, 0.6) is 5.75 Å². The molecule has 2 atom stereocenters. The Morgan fingerprint density at radius 3 is 2.39 bits per heavy atom. The minimum atomic E-state index is -1.04. The number of carbonyl (C=O) groups excluding carboxylic acids is 4. The van der Waals surface area contributed by atoms with Crippen molar-refractivity contribution in [1.29, 1.82) is 0 Å². The number of hydrogen-bond acceptors (Lipinski definition) is 5. The molecule has 1 saturated heterocycles. The number of ether oxygens (including phenoxy) is 1. The van der Waals surface area contributed by atoms with Crippen LogP contribution in [0.25, 0.3) is 0 Å². The molecule has 3 amide bonds. The van der Waals surface area contributed by atoms with Gasteiger partial charge in [-0.1, -0.05) is 19.1 Å². The second-order valence-corrected chi connectivity index (χ2v) is 7.32. The van der Waals surface area contributed by atoms with E-state index in [1.54, 1.807) is 13.0 Å². The Labute approximate surface area is 179 Å². The number of imide groups is 1. The lowest BCUT2D eigenvalue weighted by molar-refractivity contribution is -0.132. The highest BCUT2D eigenvalue weighted by Gasteiger charge is 2.46. The molecule has 162 valence electrons. The number of carbonyl (C=O) groups is 4. The number of benzene rings is 2. The van der Waals surface area contributed by atoms with Gasteiger partial charge in [0.2, 0.25) is 5.91 Å². The summed E-state index contributed by atoms with van der Waals surface area (Å²) in [7, 11) is 0. The van der Waals surface area contributed by atoms with E-state index in [0.29, 0.717) is 12.1 Å². The van der Waals surface area contributed by atoms with E-state index in [-0.39, 0.29) is 23.8 Å². The van der Waals surface area contributed by atoms with Crippen LogP contribution in [-0.4, -0.2) is 40.7 Å². The smallest absolute Gasteiger partial charge is 0.308 e. The second kappa shape index (κ2) is 9.07. The molecule has 1 aliphatic rings. The highest BCUT2D eigenvalue weighted by atomic mass is 19.1. The normalized spacial score (nSPS) is 16.9. The predicted molar refractivity (Wildman–Crippen MR) is 111 cm³/mol. The molecule has 8 heteroatoms. The third-order valence-electron chi connectivity index (χ3n) is 5.22. The van der Waals surface area contributed by atoms with E-state index in [2.05, 4.69) is 0 Å². The molecule has 1 aliphatic heterocycles. The number of anilines is 1. The van der Waals surface area contributed by atoms with Gasteiger partial charge in [0.15, 0.2) is 0 Å². The number of esters is 1. The zero-order valence-corrected chi connectivity index (χ0v) is 17.5. The summed E-state index contributed by atoms with van der Waals surface area (Å²) < 4.78 is 19.2. The van der Waals surface area contributed by atoms with Crippen molar-refractivity contribution in [2.75, 3.05) is 4.90 Å². The van der Waals surface area contributed by atoms with Crippen molar-refractivity contribution in [3.8, 4) is 5.75 Å². The fourth-order valence-corrected chi connectivity index (χ4v) is 3.55. The molecule has 0 aromatic heterocycles. The van der Waals surface area contributed by atoms with Crippen LogP contribution in [0.1, 0.15) is 44.0 Å². The number of rotatable bonds is 6. The molecule has 1 heterocycles. The summed E-state index contributed by atoms with van der Waals surface area (Å²) in [5, 5.41) is 0. The minimum absolute atomic E-state index is 0.146. The molecule has 7 nitrogen and oxygen atoms in total. The molecule has 0 spiro atoms. The fourth-order valence-electron chi connectivity index (χ4n) is 3.55. The molecule has 0 saturated carbocycles. The van der Waals surface area contributed by atoms with Crippen LogP contribution in [0.4, 0.5) is 10.1 Å². The summed E-state index contributed by atoms with van der Waals surface area (Å²) in [6.07, 6.45) is 0.324. The summed E-state index contributed by atoms with van der Waals surface area (Å²) in [4.78, 5) is 52.4. The molecule has 2 aromatic rings. The van der Waals surface area contributed by atoms with Gasteiger partial charge in [-0.25, -0.2) is 9.29 Å². The van der Waals surface area contributed by atoms with Gasteiger partial charge < -0.3 is 9.64 Å². The Morgan fingerprint density at radius 2 is 1.81 bits per heavy atom. The third-order valence-corrected chi connectivity index (χ3v) is 5.22. The largest absolute Gasteiger partial charge is 0.427 e. The molecule has 31 heavy (non-hydrogen) atoms. The van der Waals surface area contributed by atoms with Crippen LogP contribution >= 0.6 is 0 Å². The molecule has 0 radical (unpaired) electrons. The van der Waals surface area contributed by atoms with Crippen LogP contribution in [-0.2, 0) is 14.4 Å². The van der Waals surface area contributed by atoms with Gasteiger partial charge in [0.05, 0.1) is 17.7 Å².